The summed E-state index contributed by atoms with van der Waals surface area (Å²) in [5, 5.41) is 15.1. The Morgan fingerprint density at radius 2 is 2.08 bits per heavy atom. The summed E-state index contributed by atoms with van der Waals surface area (Å²) in [7, 11) is -3.69. The molecule has 0 amide bonds. The quantitative estimate of drug-likeness (QED) is 0.461. The Bertz CT molecular complexity index is 374. The molecule has 0 aliphatic carbocycles. The van der Waals surface area contributed by atoms with Crippen LogP contribution in [0.3, 0.4) is 0 Å². The Morgan fingerprint density at radius 3 is 2.58 bits per heavy atom. The van der Waals surface area contributed by atoms with Gasteiger partial charge in [0.05, 0.1) is 4.90 Å². The lowest BCUT2D eigenvalue weighted by Crippen LogP contribution is -2.70. The predicted octanol–water partition coefficient (Wildman–Crippen LogP) is -0.973. The monoisotopic (exact) mass is 188 g/mol. The van der Waals surface area contributed by atoms with Gasteiger partial charge in [-0.3, -0.25) is 0 Å². The van der Waals surface area contributed by atoms with Crippen LogP contribution in [-0.2, 0) is 10.0 Å². The summed E-state index contributed by atoms with van der Waals surface area (Å²) in [6, 6.07) is 5.52. The molecule has 0 heterocycles. The summed E-state index contributed by atoms with van der Waals surface area (Å²) in [4.78, 5) is -0.0490. The molecule has 0 fully saturated rings. The van der Waals surface area contributed by atoms with Gasteiger partial charge in [-0.25, -0.2) is 13.6 Å². The molecule has 0 aromatic heterocycles. The Morgan fingerprint density at radius 1 is 1.42 bits per heavy atom. The number of benzene rings is 1. The second kappa shape index (κ2) is 3.20. The van der Waals surface area contributed by atoms with Crippen LogP contribution < -0.4 is 10.6 Å². The lowest BCUT2D eigenvalue weighted by molar-refractivity contribution is -0.497. The molecule has 0 saturated carbocycles. The lowest BCUT2D eigenvalue weighted by Gasteiger charge is -2.02. The number of hydrogen-bond donors (Lipinski definition) is 2. The third-order valence-corrected chi connectivity index (χ3v) is 2.23. The molecule has 4 N–H and O–H groups in total. The number of nitrogens with two attached hydrogens (primary N) is 2. The van der Waals surface area contributed by atoms with Crippen molar-refractivity contribution in [3.8, 4) is 0 Å². The van der Waals surface area contributed by atoms with E-state index < -0.39 is 10.0 Å². The largest absolute Gasteiger partial charge is 0.630 e. The van der Waals surface area contributed by atoms with Gasteiger partial charge in [-0.1, -0.05) is 6.07 Å². The van der Waals surface area contributed by atoms with Crippen LogP contribution in [0.15, 0.2) is 29.2 Å². The van der Waals surface area contributed by atoms with E-state index in [0.717, 1.165) is 0 Å². The van der Waals surface area contributed by atoms with E-state index in [1.54, 1.807) is 0 Å². The summed E-state index contributed by atoms with van der Waals surface area (Å²) in [6.45, 7) is 0. The Hall–Kier alpha value is -0.950. The normalized spacial score (nSPS) is 11.5. The molecule has 0 aliphatic heterocycles. The zero-order valence-corrected chi connectivity index (χ0v) is 6.91. The zero-order chi connectivity index (χ0) is 9.19. The van der Waals surface area contributed by atoms with E-state index in [9.17, 15) is 13.6 Å². The van der Waals surface area contributed by atoms with Gasteiger partial charge in [0.2, 0.25) is 10.0 Å². The van der Waals surface area contributed by atoms with Gasteiger partial charge in [0, 0.05) is 6.07 Å². The number of primary sulfonamides is 1. The summed E-state index contributed by atoms with van der Waals surface area (Å²) in [6.07, 6.45) is 0. The summed E-state index contributed by atoms with van der Waals surface area (Å²) >= 11 is 0. The van der Waals surface area contributed by atoms with Crippen LogP contribution in [0.25, 0.3) is 0 Å². The fraction of sp³-hybridized carbons (Fsp3) is 0. The van der Waals surface area contributed by atoms with E-state index in [-0.39, 0.29) is 4.90 Å². The highest BCUT2D eigenvalue weighted by molar-refractivity contribution is 7.89. The van der Waals surface area contributed by atoms with Crippen LogP contribution in [0.2, 0.25) is 0 Å². The number of rotatable bonds is 2. The van der Waals surface area contributed by atoms with Crippen LogP contribution in [-0.4, -0.2) is 8.42 Å². The number of hydrogen-bond acceptors (Lipinski definition) is 3. The Kier molecular flexibility index (Phi) is 2.43. The first-order chi connectivity index (χ1) is 5.54. The summed E-state index contributed by atoms with van der Waals surface area (Å²) in [5.74, 6) is 0. The van der Waals surface area contributed by atoms with E-state index in [4.69, 9.17) is 5.14 Å². The van der Waals surface area contributed by atoms with E-state index in [0.29, 0.717) is 11.2 Å². The third kappa shape index (κ3) is 2.02. The number of sulfonamides is 1. The molecule has 0 unspecified atom stereocenters. The predicted molar refractivity (Wildman–Crippen MR) is 42.8 cm³/mol. The lowest BCUT2D eigenvalue weighted by atomic mass is 10.3. The molecule has 5 nitrogen and oxygen atoms in total. The summed E-state index contributed by atoms with van der Waals surface area (Å²) < 4.78 is 21.5. The molecule has 0 atom stereocenters. The second-order valence-electron chi connectivity index (χ2n) is 2.24. The molecule has 0 aliphatic rings. The van der Waals surface area contributed by atoms with Crippen molar-refractivity contribution in [1.29, 1.82) is 0 Å². The highest BCUT2D eigenvalue weighted by Gasteiger charge is 2.07. The molecule has 0 spiro atoms. The van der Waals surface area contributed by atoms with Gasteiger partial charge in [0.15, 0.2) is 0 Å². The molecule has 1 rings (SSSR count). The Labute approximate surface area is 69.8 Å². The molecule has 0 saturated heterocycles. The standard InChI is InChI=1S/C6H8N2O3S/c7-12(10,11)6-3-1-2-5(4-6)8-9/h1-4H,8H2,(H2,7,10,11). The minimum absolute atomic E-state index is 0.0490. The maximum absolute atomic E-state index is 10.8. The molecular weight excluding hydrogens is 180 g/mol. The zero-order valence-electron chi connectivity index (χ0n) is 6.10. The third-order valence-electron chi connectivity index (χ3n) is 1.32. The highest BCUT2D eigenvalue weighted by Crippen LogP contribution is 2.09. The highest BCUT2D eigenvalue weighted by atomic mass is 32.2. The van der Waals surface area contributed by atoms with Crippen molar-refractivity contribution in [3.63, 3.8) is 0 Å². The molecule has 12 heavy (non-hydrogen) atoms. The van der Waals surface area contributed by atoms with E-state index >= 15 is 0 Å². The topological polar surface area (TPSA) is 99.8 Å². The SMILES string of the molecule is NS(=O)(=O)c1cccc([NH2+][O-])c1. The van der Waals surface area contributed by atoms with Crippen LogP contribution in [0, 0.1) is 5.21 Å². The average Bonchev–Trinajstić information content (AvgIpc) is 2.03. The first-order valence-electron chi connectivity index (χ1n) is 3.12. The van der Waals surface area contributed by atoms with Gasteiger partial charge < -0.3 is 10.7 Å². The van der Waals surface area contributed by atoms with Gasteiger partial charge in [-0.05, 0) is 12.1 Å². The first-order valence-corrected chi connectivity index (χ1v) is 4.67. The van der Waals surface area contributed by atoms with Gasteiger partial charge >= 0.3 is 0 Å². The van der Waals surface area contributed by atoms with Crippen molar-refractivity contribution in [2.24, 2.45) is 5.14 Å². The van der Waals surface area contributed by atoms with Gasteiger partial charge in [-0.2, -0.15) is 0 Å². The van der Waals surface area contributed by atoms with Crippen LogP contribution in [0.1, 0.15) is 0 Å². The van der Waals surface area contributed by atoms with Crippen molar-refractivity contribution >= 4 is 15.7 Å². The maximum atomic E-state index is 10.8. The molecule has 0 radical (unpaired) electrons. The van der Waals surface area contributed by atoms with Crippen molar-refractivity contribution in [1.82, 2.24) is 0 Å². The smallest absolute Gasteiger partial charge is 0.238 e. The van der Waals surface area contributed by atoms with E-state index in [1.807, 2.05) is 0 Å². The fourth-order valence-corrected chi connectivity index (χ4v) is 1.33. The minimum Gasteiger partial charge on any atom is -0.630 e. The first kappa shape index (κ1) is 9.14. The van der Waals surface area contributed by atoms with Crippen LogP contribution in [0.4, 0.5) is 5.69 Å². The van der Waals surface area contributed by atoms with Crippen molar-refractivity contribution in [2.75, 3.05) is 0 Å². The fourth-order valence-electron chi connectivity index (χ4n) is 0.765. The molecular formula is C6H8N2O3S. The van der Waals surface area contributed by atoms with E-state index in [2.05, 4.69) is 0 Å². The minimum atomic E-state index is -3.69. The average molecular weight is 188 g/mol. The molecule has 66 valence electrons. The van der Waals surface area contributed by atoms with Crippen LogP contribution in [0.5, 0.6) is 0 Å². The van der Waals surface area contributed by atoms with Gasteiger partial charge in [0.1, 0.15) is 5.69 Å². The van der Waals surface area contributed by atoms with Crippen molar-refractivity contribution in [2.45, 2.75) is 4.90 Å². The van der Waals surface area contributed by atoms with Gasteiger partial charge in [-0.15, -0.1) is 0 Å². The van der Waals surface area contributed by atoms with Gasteiger partial charge in [0.25, 0.3) is 0 Å². The second-order valence-corrected chi connectivity index (χ2v) is 3.80. The van der Waals surface area contributed by atoms with Crippen molar-refractivity contribution < 1.29 is 13.9 Å². The molecule has 1 aromatic rings. The molecule has 6 heteroatoms. The van der Waals surface area contributed by atoms with Crippen LogP contribution >= 0.6 is 0 Å². The molecule has 0 bridgehead atoms. The number of quaternary nitrogens is 1. The molecule has 1 aromatic carbocycles. The summed E-state index contributed by atoms with van der Waals surface area (Å²) in [5.41, 5.74) is 0.857. The van der Waals surface area contributed by atoms with E-state index in [1.165, 1.54) is 24.3 Å². The Balaban J connectivity index is 3.20. The van der Waals surface area contributed by atoms with Crippen molar-refractivity contribution in [3.05, 3.63) is 29.5 Å². The maximum Gasteiger partial charge on any atom is 0.238 e.